The highest BCUT2D eigenvalue weighted by molar-refractivity contribution is 7.99. The summed E-state index contributed by atoms with van der Waals surface area (Å²) in [4.78, 5) is 11.6. The zero-order valence-corrected chi connectivity index (χ0v) is 11.3. The number of benzene rings is 1. The molecule has 1 aromatic rings. The number of thioether (sulfide) groups is 1. The number of hydrogen-bond acceptors (Lipinski definition) is 2. The summed E-state index contributed by atoms with van der Waals surface area (Å²) < 4.78 is 0. The predicted octanol–water partition coefficient (Wildman–Crippen LogP) is 3.84. The molecule has 0 aliphatic rings. The second-order valence-corrected chi connectivity index (χ2v) is 5.72. The molecule has 1 aromatic carbocycles. The van der Waals surface area contributed by atoms with Crippen molar-refractivity contribution in [1.82, 2.24) is 0 Å². The molecule has 0 aromatic heterocycles. The Labute approximate surface area is 107 Å². The fourth-order valence-corrected chi connectivity index (χ4v) is 2.47. The first-order chi connectivity index (χ1) is 7.58. The Morgan fingerprint density at radius 3 is 2.81 bits per heavy atom. The molecule has 16 heavy (non-hydrogen) atoms. The second-order valence-electron chi connectivity index (χ2n) is 4.25. The molecule has 0 saturated carbocycles. The van der Waals surface area contributed by atoms with Crippen molar-refractivity contribution in [1.29, 1.82) is 0 Å². The summed E-state index contributed by atoms with van der Waals surface area (Å²) in [7, 11) is 0. The Hall–Kier alpha value is -0.470. The summed E-state index contributed by atoms with van der Waals surface area (Å²) in [5.41, 5.74) is 1.00. The topological polar surface area (TPSA) is 17.1 Å². The number of rotatable bonds is 6. The van der Waals surface area contributed by atoms with E-state index < -0.39 is 0 Å². The van der Waals surface area contributed by atoms with Crippen LogP contribution < -0.4 is 0 Å². The summed E-state index contributed by atoms with van der Waals surface area (Å²) in [6.07, 6.45) is 0.492. The molecule has 1 rings (SSSR count). The van der Waals surface area contributed by atoms with E-state index in [9.17, 15) is 4.79 Å². The molecule has 3 heteroatoms. The number of Topliss-reactive ketones (excluding diaryl/α,β-unsaturated/α-hetero) is 1. The van der Waals surface area contributed by atoms with E-state index in [4.69, 9.17) is 11.6 Å². The van der Waals surface area contributed by atoms with Crippen LogP contribution in [0.4, 0.5) is 0 Å². The monoisotopic (exact) mass is 256 g/mol. The largest absolute Gasteiger partial charge is 0.298 e. The smallest absolute Gasteiger partial charge is 0.147 e. The molecule has 0 aliphatic carbocycles. The van der Waals surface area contributed by atoms with E-state index in [1.165, 1.54) is 0 Å². The van der Waals surface area contributed by atoms with Crippen LogP contribution in [0.1, 0.15) is 19.4 Å². The molecule has 0 amide bonds. The van der Waals surface area contributed by atoms with Gasteiger partial charge in [0.2, 0.25) is 0 Å². The Morgan fingerprint density at radius 1 is 1.44 bits per heavy atom. The van der Waals surface area contributed by atoms with Crippen molar-refractivity contribution in [2.45, 2.75) is 20.3 Å². The molecule has 0 unspecified atom stereocenters. The first kappa shape index (κ1) is 13.6. The van der Waals surface area contributed by atoms with Gasteiger partial charge in [-0.1, -0.05) is 37.6 Å². The van der Waals surface area contributed by atoms with Gasteiger partial charge in [-0.25, -0.2) is 0 Å². The van der Waals surface area contributed by atoms with Gasteiger partial charge in [0.25, 0.3) is 0 Å². The molecular weight excluding hydrogens is 240 g/mol. The van der Waals surface area contributed by atoms with E-state index in [2.05, 4.69) is 13.8 Å². The van der Waals surface area contributed by atoms with Gasteiger partial charge in [-0.2, -0.15) is 11.8 Å². The van der Waals surface area contributed by atoms with E-state index in [-0.39, 0.29) is 5.78 Å². The molecule has 0 heterocycles. The van der Waals surface area contributed by atoms with Crippen molar-refractivity contribution in [2.24, 2.45) is 5.92 Å². The molecule has 1 nitrogen and oxygen atoms in total. The number of hydrogen-bond donors (Lipinski definition) is 0. The third-order valence-corrected chi connectivity index (χ3v) is 3.67. The molecule has 0 radical (unpaired) electrons. The highest BCUT2D eigenvalue weighted by atomic mass is 35.5. The predicted molar refractivity (Wildman–Crippen MR) is 72.3 cm³/mol. The minimum Gasteiger partial charge on any atom is -0.298 e. The average Bonchev–Trinajstić information content (AvgIpc) is 2.16. The Balaban J connectivity index is 2.34. The van der Waals surface area contributed by atoms with Crippen LogP contribution in [0.2, 0.25) is 5.02 Å². The van der Waals surface area contributed by atoms with Crippen LogP contribution in [0.5, 0.6) is 0 Å². The van der Waals surface area contributed by atoms with Crippen LogP contribution in [0.25, 0.3) is 0 Å². The number of halogens is 1. The highest BCUT2D eigenvalue weighted by Crippen LogP contribution is 2.13. The Morgan fingerprint density at radius 2 is 2.19 bits per heavy atom. The van der Waals surface area contributed by atoms with Crippen molar-refractivity contribution in [3.05, 3.63) is 34.9 Å². The van der Waals surface area contributed by atoms with Gasteiger partial charge in [-0.05, 0) is 29.4 Å². The van der Waals surface area contributed by atoms with Crippen LogP contribution in [0.3, 0.4) is 0 Å². The third kappa shape index (κ3) is 5.57. The van der Waals surface area contributed by atoms with Gasteiger partial charge in [-0.3, -0.25) is 4.79 Å². The normalized spacial score (nSPS) is 10.8. The Bertz CT molecular complexity index is 350. The van der Waals surface area contributed by atoms with Gasteiger partial charge >= 0.3 is 0 Å². The molecule has 0 fully saturated rings. The van der Waals surface area contributed by atoms with Crippen LogP contribution in [-0.4, -0.2) is 17.3 Å². The van der Waals surface area contributed by atoms with E-state index in [0.717, 1.165) is 11.3 Å². The van der Waals surface area contributed by atoms with Gasteiger partial charge in [0, 0.05) is 11.4 Å². The van der Waals surface area contributed by atoms with Crippen molar-refractivity contribution in [3.8, 4) is 0 Å². The van der Waals surface area contributed by atoms with Crippen molar-refractivity contribution < 1.29 is 4.79 Å². The minimum atomic E-state index is 0.271. The van der Waals surface area contributed by atoms with E-state index in [0.29, 0.717) is 23.1 Å². The first-order valence-corrected chi connectivity index (χ1v) is 6.95. The number of ketones is 1. The van der Waals surface area contributed by atoms with Crippen LogP contribution >= 0.6 is 23.4 Å². The second kappa shape index (κ2) is 6.97. The summed E-state index contributed by atoms with van der Waals surface area (Å²) in [6.45, 7) is 4.32. The highest BCUT2D eigenvalue weighted by Gasteiger charge is 2.05. The third-order valence-electron chi connectivity index (χ3n) is 2.00. The van der Waals surface area contributed by atoms with Gasteiger partial charge < -0.3 is 0 Å². The van der Waals surface area contributed by atoms with Gasteiger partial charge in [0.15, 0.2) is 0 Å². The molecule has 0 aliphatic heterocycles. The fourth-order valence-electron chi connectivity index (χ4n) is 1.33. The lowest BCUT2D eigenvalue weighted by Gasteiger charge is -2.04. The van der Waals surface area contributed by atoms with Crippen LogP contribution in [0.15, 0.2) is 24.3 Å². The van der Waals surface area contributed by atoms with E-state index >= 15 is 0 Å². The lowest BCUT2D eigenvalue weighted by Crippen LogP contribution is -2.07. The van der Waals surface area contributed by atoms with E-state index in [1.807, 2.05) is 24.3 Å². The fraction of sp³-hybridized carbons (Fsp3) is 0.462. The maximum absolute atomic E-state index is 11.6. The van der Waals surface area contributed by atoms with E-state index in [1.54, 1.807) is 11.8 Å². The van der Waals surface area contributed by atoms with Crippen LogP contribution in [0, 0.1) is 5.92 Å². The van der Waals surface area contributed by atoms with Gasteiger partial charge in [0.1, 0.15) is 5.78 Å². The maximum atomic E-state index is 11.6. The minimum absolute atomic E-state index is 0.271. The molecule has 0 spiro atoms. The molecular formula is C13H17ClOS. The summed E-state index contributed by atoms with van der Waals surface area (Å²) >= 11 is 7.57. The van der Waals surface area contributed by atoms with Crippen molar-refractivity contribution >= 4 is 29.1 Å². The quantitative estimate of drug-likeness (QED) is 0.769. The molecule has 0 atom stereocenters. The first-order valence-electron chi connectivity index (χ1n) is 5.42. The zero-order chi connectivity index (χ0) is 12.0. The molecule has 0 saturated heterocycles. The summed E-state index contributed by atoms with van der Waals surface area (Å²) in [5.74, 6) is 2.56. The summed E-state index contributed by atoms with van der Waals surface area (Å²) in [5, 5.41) is 0.695. The lowest BCUT2D eigenvalue weighted by molar-refractivity contribution is -0.116. The summed E-state index contributed by atoms with van der Waals surface area (Å²) in [6, 6.07) is 7.50. The lowest BCUT2D eigenvalue weighted by atomic mass is 10.1. The average molecular weight is 257 g/mol. The SMILES string of the molecule is CC(C)CSCC(=O)Cc1cccc(Cl)c1. The van der Waals surface area contributed by atoms with Gasteiger partial charge in [-0.15, -0.1) is 0 Å². The Kier molecular flexibility index (Phi) is 5.93. The molecule has 0 N–H and O–H groups in total. The van der Waals surface area contributed by atoms with Crippen molar-refractivity contribution in [2.75, 3.05) is 11.5 Å². The van der Waals surface area contributed by atoms with Gasteiger partial charge in [0.05, 0.1) is 5.75 Å². The van der Waals surface area contributed by atoms with Crippen LogP contribution in [-0.2, 0) is 11.2 Å². The zero-order valence-electron chi connectivity index (χ0n) is 9.70. The molecule has 0 bridgehead atoms. The number of carbonyl (C=O) groups is 1. The van der Waals surface area contributed by atoms with Crippen molar-refractivity contribution in [3.63, 3.8) is 0 Å². The molecule has 88 valence electrons. The number of carbonyl (C=O) groups excluding carboxylic acids is 1. The maximum Gasteiger partial charge on any atom is 0.147 e. The standard InChI is InChI=1S/C13H17ClOS/c1-10(2)8-16-9-13(15)7-11-4-3-5-12(14)6-11/h3-6,10H,7-9H2,1-2H3.